The molecular formula is C10H7Cl2NOS. The maximum Gasteiger partial charge on any atom is 0.125 e. The number of aliphatic hydroxyl groups excluding tert-OH is 1. The fourth-order valence-electron chi connectivity index (χ4n) is 1.17. The van der Waals surface area contributed by atoms with Gasteiger partial charge in [-0.15, -0.1) is 11.3 Å². The molecule has 0 spiro atoms. The molecule has 0 aliphatic heterocycles. The number of hydrogen-bond acceptors (Lipinski definition) is 3. The van der Waals surface area contributed by atoms with Crippen LogP contribution in [0.2, 0.25) is 10.0 Å². The Bertz CT molecular complexity index is 484. The van der Waals surface area contributed by atoms with Gasteiger partial charge in [-0.1, -0.05) is 35.3 Å². The number of rotatable bonds is 2. The maximum absolute atomic E-state index is 8.93. The summed E-state index contributed by atoms with van der Waals surface area (Å²) in [6, 6.07) is 5.41. The van der Waals surface area contributed by atoms with Gasteiger partial charge in [0.05, 0.1) is 21.5 Å². The fourth-order valence-corrected chi connectivity index (χ4v) is 2.42. The van der Waals surface area contributed by atoms with Gasteiger partial charge in [-0.05, 0) is 6.07 Å². The molecule has 0 unspecified atom stereocenters. The van der Waals surface area contributed by atoms with E-state index < -0.39 is 0 Å². The lowest BCUT2D eigenvalue weighted by molar-refractivity contribution is 0.285. The van der Waals surface area contributed by atoms with E-state index in [4.69, 9.17) is 28.3 Å². The summed E-state index contributed by atoms with van der Waals surface area (Å²) in [4.78, 5) is 4.98. The standard InChI is InChI=1S/C10H7Cl2NOS/c11-8-3-1-2-7(9(8)12)10-13-4-6(5-14)15-10/h1-4,14H,5H2. The topological polar surface area (TPSA) is 33.1 Å². The Labute approximate surface area is 101 Å². The summed E-state index contributed by atoms with van der Waals surface area (Å²) in [5, 5.41) is 10.7. The van der Waals surface area contributed by atoms with Gasteiger partial charge in [-0.25, -0.2) is 4.98 Å². The molecule has 15 heavy (non-hydrogen) atoms. The highest BCUT2D eigenvalue weighted by atomic mass is 35.5. The molecule has 5 heteroatoms. The molecule has 1 heterocycles. The van der Waals surface area contributed by atoms with Gasteiger partial charge in [0.25, 0.3) is 0 Å². The molecule has 0 saturated carbocycles. The summed E-state index contributed by atoms with van der Waals surface area (Å²) in [5.41, 5.74) is 0.800. The van der Waals surface area contributed by atoms with Gasteiger partial charge in [-0.2, -0.15) is 0 Å². The molecule has 1 aromatic heterocycles. The highest BCUT2D eigenvalue weighted by molar-refractivity contribution is 7.15. The van der Waals surface area contributed by atoms with E-state index in [-0.39, 0.29) is 6.61 Å². The second-order valence-electron chi connectivity index (χ2n) is 2.89. The zero-order valence-electron chi connectivity index (χ0n) is 7.58. The van der Waals surface area contributed by atoms with E-state index in [0.717, 1.165) is 15.4 Å². The number of aliphatic hydroxyl groups is 1. The smallest absolute Gasteiger partial charge is 0.125 e. The molecule has 0 atom stereocenters. The van der Waals surface area contributed by atoms with Crippen LogP contribution in [0.5, 0.6) is 0 Å². The Morgan fingerprint density at radius 3 is 2.80 bits per heavy atom. The lowest BCUT2D eigenvalue weighted by atomic mass is 10.2. The first-order chi connectivity index (χ1) is 7.22. The summed E-state index contributed by atoms with van der Waals surface area (Å²) in [6.07, 6.45) is 1.64. The van der Waals surface area contributed by atoms with E-state index in [0.29, 0.717) is 10.0 Å². The maximum atomic E-state index is 8.93. The first-order valence-electron chi connectivity index (χ1n) is 4.22. The summed E-state index contributed by atoms with van der Waals surface area (Å²) < 4.78 is 0. The predicted octanol–water partition coefficient (Wildman–Crippen LogP) is 3.61. The molecule has 1 aromatic carbocycles. The number of hydrogen-bond donors (Lipinski definition) is 1. The van der Waals surface area contributed by atoms with E-state index in [1.807, 2.05) is 12.1 Å². The van der Waals surface area contributed by atoms with Crippen LogP contribution in [-0.2, 0) is 6.61 Å². The number of thiazole rings is 1. The third-order valence-corrected chi connectivity index (χ3v) is 3.73. The van der Waals surface area contributed by atoms with Gasteiger partial charge in [0.15, 0.2) is 0 Å². The minimum absolute atomic E-state index is 0.00412. The van der Waals surface area contributed by atoms with E-state index >= 15 is 0 Å². The van der Waals surface area contributed by atoms with Crippen molar-refractivity contribution in [1.82, 2.24) is 4.98 Å². The van der Waals surface area contributed by atoms with Crippen molar-refractivity contribution in [1.29, 1.82) is 0 Å². The molecule has 2 aromatic rings. The fraction of sp³-hybridized carbons (Fsp3) is 0.100. The molecule has 2 rings (SSSR count). The van der Waals surface area contributed by atoms with Crippen molar-refractivity contribution in [2.24, 2.45) is 0 Å². The highest BCUT2D eigenvalue weighted by Crippen LogP contribution is 2.35. The van der Waals surface area contributed by atoms with Crippen molar-refractivity contribution >= 4 is 34.5 Å². The minimum atomic E-state index is -0.00412. The van der Waals surface area contributed by atoms with Crippen molar-refractivity contribution in [3.05, 3.63) is 39.3 Å². The van der Waals surface area contributed by atoms with Crippen molar-refractivity contribution < 1.29 is 5.11 Å². The largest absolute Gasteiger partial charge is 0.391 e. The van der Waals surface area contributed by atoms with Crippen LogP contribution in [0.1, 0.15) is 4.88 Å². The molecule has 0 bridgehead atoms. The van der Waals surface area contributed by atoms with Crippen LogP contribution in [0.4, 0.5) is 0 Å². The minimum Gasteiger partial charge on any atom is -0.391 e. The van der Waals surface area contributed by atoms with Crippen LogP contribution in [0.25, 0.3) is 10.6 Å². The molecule has 78 valence electrons. The Hall–Kier alpha value is -0.610. The number of halogens is 2. The Morgan fingerprint density at radius 1 is 1.33 bits per heavy atom. The normalized spacial score (nSPS) is 10.6. The van der Waals surface area contributed by atoms with Crippen LogP contribution in [0.15, 0.2) is 24.4 Å². The predicted molar refractivity (Wildman–Crippen MR) is 63.5 cm³/mol. The van der Waals surface area contributed by atoms with Gasteiger partial charge in [0.1, 0.15) is 5.01 Å². The van der Waals surface area contributed by atoms with Crippen LogP contribution >= 0.6 is 34.5 Å². The second kappa shape index (κ2) is 4.49. The zero-order valence-corrected chi connectivity index (χ0v) is 9.90. The molecule has 1 N–H and O–H groups in total. The third-order valence-electron chi connectivity index (χ3n) is 1.89. The monoisotopic (exact) mass is 259 g/mol. The Balaban J connectivity index is 2.49. The summed E-state index contributed by atoms with van der Waals surface area (Å²) in [6.45, 7) is -0.00412. The molecule has 2 nitrogen and oxygen atoms in total. The first-order valence-corrected chi connectivity index (χ1v) is 5.79. The van der Waals surface area contributed by atoms with E-state index in [1.165, 1.54) is 11.3 Å². The van der Waals surface area contributed by atoms with Crippen molar-refractivity contribution in [2.45, 2.75) is 6.61 Å². The number of nitrogens with zero attached hydrogens (tertiary/aromatic N) is 1. The summed E-state index contributed by atoms with van der Waals surface area (Å²) >= 11 is 13.4. The van der Waals surface area contributed by atoms with Gasteiger partial charge >= 0.3 is 0 Å². The number of benzene rings is 1. The van der Waals surface area contributed by atoms with Crippen molar-refractivity contribution in [3.8, 4) is 10.6 Å². The van der Waals surface area contributed by atoms with Gasteiger partial charge < -0.3 is 5.11 Å². The molecule has 0 fully saturated rings. The first kappa shape index (κ1) is 10.9. The lowest BCUT2D eigenvalue weighted by Gasteiger charge is -2.01. The third kappa shape index (κ3) is 2.16. The quantitative estimate of drug-likeness (QED) is 0.894. The Morgan fingerprint density at radius 2 is 2.13 bits per heavy atom. The second-order valence-corrected chi connectivity index (χ2v) is 4.79. The molecule has 0 amide bonds. The number of aromatic nitrogens is 1. The van der Waals surface area contributed by atoms with Gasteiger partial charge in [0, 0.05) is 11.8 Å². The van der Waals surface area contributed by atoms with Crippen LogP contribution in [0, 0.1) is 0 Å². The van der Waals surface area contributed by atoms with Crippen molar-refractivity contribution in [3.63, 3.8) is 0 Å². The van der Waals surface area contributed by atoms with Gasteiger partial charge in [-0.3, -0.25) is 0 Å². The average Bonchev–Trinajstić information content (AvgIpc) is 2.70. The molecule has 0 radical (unpaired) electrons. The molecular weight excluding hydrogens is 253 g/mol. The lowest BCUT2D eigenvalue weighted by Crippen LogP contribution is -1.78. The van der Waals surface area contributed by atoms with E-state index in [2.05, 4.69) is 4.98 Å². The molecule has 0 saturated heterocycles. The Kier molecular flexibility index (Phi) is 3.26. The van der Waals surface area contributed by atoms with Crippen molar-refractivity contribution in [2.75, 3.05) is 0 Å². The summed E-state index contributed by atoms with van der Waals surface area (Å²) in [7, 11) is 0. The zero-order chi connectivity index (χ0) is 10.8. The van der Waals surface area contributed by atoms with Crippen LogP contribution in [-0.4, -0.2) is 10.1 Å². The summed E-state index contributed by atoms with van der Waals surface area (Å²) in [5.74, 6) is 0. The SMILES string of the molecule is OCc1cnc(-c2cccc(Cl)c2Cl)s1. The van der Waals surface area contributed by atoms with Crippen LogP contribution < -0.4 is 0 Å². The highest BCUT2D eigenvalue weighted by Gasteiger charge is 2.10. The average molecular weight is 260 g/mol. The molecule has 0 aliphatic rings. The molecule has 0 aliphatic carbocycles. The van der Waals surface area contributed by atoms with E-state index in [9.17, 15) is 0 Å². The van der Waals surface area contributed by atoms with Gasteiger partial charge in [0.2, 0.25) is 0 Å². The van der Waals surface area contributed by atoms with Crippen LogP contribution in [0.3, 0.4) is 0 Å². The van der Waals surface area contributed by atoms with E-state index in [1.54, 1.807) is 12.3 Å².